The van der Waals surface area contributed by atoms with E-state index < -0.39 is 0 Å². The molecule has 0 spiro atoms. The first kappa shape index (κ1) is 8.56. The number of fused-ring (bicyclic) bond motifs is 3. The highest BCUT2D eigenvalue weighted by atomic mass is 35.5. The number of rotatable bonds is 0. The molecule has 0 fully saturated rings. The molecule has 3 rings (SSSR count). The normalized spacial score (nSPS) is 11.3. The summed E-state index contributed by atoms with van der Waals surface area (Å²) < 4.78 is 1.63. The topological polar surface area (TPSA) is 37.3 Å². The van der Waals surface area contributed by atoms with E-state index >= 15 is 0 Å². The molecule has 1 aromatic carbocycles. The van der Waals surface area contributed by atoms with Crippen molar-refractivity contribution in [2.24, 2.45) is 0 Å². The molecule has 0 radical (unpaired) electrons. The van der Waals surface area contributed by atoms with E-state index in [2.05, 4.69) is 4.98 Å². The predicted molar refractivity (Wildman–Crippen MR) is 60.5 cm³/mol. The number of hydrogen-bond donors (Lipinski definition) is 1. The van der Waals surface area contributed by atoms with Crippen LogP contribution >= 0.6 is 11.6 Å². The average Bonchev–Trinajstić information content (AvgIpc) is 2.56. The Bertz CT molecular complexity index is 711. The van der Waals surface area contributed by atoms with Gasteiger partial charge in [0, 0.05) is 16.6 Å². The second kappa shape index (κ2) is 2.87. The number of H-pyrrole nitrogens is 1. The fraction of sp³-hybridized carbons (Fsp3) is 0. The summed E-state index contributed by atoms with van der Waals surface area (Å²) in [7, 11) is 0. The van der Waals surface area contributed by atoms with Gasteiger partial charge in [-0.05, 0) is 30.3 Å². The maximum atomic E-state index is 11.6. The summed E-state index contributed by atoms with van der Waals surface area (Å²) in [4.78, 5) is 14.3. The van der Waals surface area contributed by atoms with Crippen LogP contribution in [0.3, 0.4) is 0 Å². The van der Waals surface area contributed by atoms with Gasteiger partial charge in [-0.2, -0.15) is 0 Å². The summed E-state index contributed by atoms with van der Waals surface area (Å²) in [6, 6.07) is 9.28. The number of benzene rings is 1. The van der Waals surface area contributed by atoms with Gasteiger partial charge >= 0.3 is 5.69 Å². The molecule has 3 aromatic rings. The van der Waals surface area contributed by atoms with Crippen molar-refractivity contribution in [3.05, 3.63) is 52.0 Å². The van der Waals surface area contributed by atoms with Gasteiger partial charge in [0.15, 0.2) is 0 Å². The van der Waals surface area contributed by atoms with Gasteiger partial charge in [0.25, 0.3) is 0 Å². The van der Waals surface area contributed by atoms with Crippen molar-refractivity contribution in [3.8, 4) is 0 Å². The summed E-state index contributed by atoms with van der Waals surface area (Å²) in [5.74, 6) is 0. The quantitative estimate of drug-likeness (QED) is 0.618. The molecule has 2 heterocycles. The van der Waals surface area contributed by atoms with Crippen LogP contribution in [0.5, 0.6) is 0 Å². The van der Waals surface area contributed by atoms with Crippen molar-refractivity contribution >= 4 is 28.0 Å². The second-order valence-corrected chi connectivity index (χ2v) is 3.83. The first-order chi connectivity index (χ1) is 7.25. The van der Waals surface area contributed by atoms with Gasteiger partial charge in [-0.25, -0.2) is 4.79 Å². The third-order valence-electron chi connectivity index (χ3n) is 2.46. The third-order valence-corrected chi connectivity index (χ3v) is 2.69. The average molecular weight is 219 g/mol. The number of nitrogens with one attached hydrogen (secondary N) is 1. The summed E-state index contributed by atoms with van der Waals surface area (Å²) >= 11 is 5.89. The summed E-state index contributed by atoms with van der Waals surface area (Å²) in [6.45, 7) is 0. The zero-order chi connectivity index (χ0) is 10.4. The summed E-state index contributed by atoms with van der Waals surface area (Å²) in [6.07, 6.45) is 1.64. The molecule has 0 amide bonds. The van der Waals surface area contributed by atoms with Crippen molar-refractivity contribution < 1.29 is 0 Å². The highest BCUT2D eigenvalue weighted by Gasteiger charge is 2.04. The minimum absolute atomic E-state index is 0.134. The largest absolute Gasteiger partial charge is 0.330 e. The molecule has 0 aliphatic carbocycles. The van der Waals surface area contributed by atoms with E-state index in [4.69, 9.17) is 11.6 Å². The molecule has 0 aliphatic rings. The molecule has 0 unspecified atom stereocenters. The molecule has 15 heavy (non-hydrogen) atoms. The molecule has 0 aliphatic heterocycles. The Balaban J connectivity index is 2.65. The van der Waals surface area contributed by atoms with E-state index in [1.807, 2.05) is 24.3 Å². The Morgan fingerprint density at radius 1 is 1.20 bits per heavy atom. The van der Waals surface area contributed by atoms with Crippen LogP contribution in [0, 0.1) is 0 Å². The fourth-order valence-electron chi connectivity index (χ4n) is 1.82. The van der Waals surface area contributed by atoms with Crippen molar-refractivity contribution in [2.75, 3.05) is 0 Å². The Kier molecular flexibility index (Phi) is 1.64. The maximum Gasteiger partial charge on any atom is 0.330 e. The second-order valence-electron chi connectivity index (χ2n) is 3.39. The fourth-order valence-corrected chi connectivity index (χ4v) is 2.00. The molecule has 74 valence electrons. The van der Waals surface area contributed by atoms with Crippen LogP contribution < -0.4 is 5.69 Å². The molecule has 4 heteroatoms. The lowest BCUT2D eigenvalue weighted by atomic mass is 10.2. The number of halogens is 1. The Hall–Kier alpha value is -1.74. The monoisotopic (exact) mass is 218 g/mol. The first-order valence-corrected chi connectivity index (χ1v) is 4.92. The van der Waals surface area contributed by atoms with E-state index in [1.54, 1.807) is 16.7 Å². The summed E-state index contributed by atoms with van der Waals surface area (Å²) in [5.41, 5.74) is 1.61. The number of nitrogens with zero attached hydrogens (tertiary/aromatic N) is 1. The molecule has 3 nitrogen and oxygen atoms in total. The van der Waals surface area contributed by atoms with Crippen LogP contribution in [0.2, 0.25) is 5.02 Å². The molecule has 2 aromatic heterocycles. The molecule has 0 atom stereocenters. The molecule has 1 N–H and O–H groups in total. The van der Waals surface area contributed by atoms with Crippen LogP contribution in [0.25, 0.3) is 16.4 Å². The van der Waals surface area contributed by atoms with Gasteiger partial charge in [-0.3, -0.25) is 4.40 Å². The van der Waals surface area contributed by atoms with Gasteiger partial charge in [0.1, 0.15) is 0 Å². The smallest absolute Gasteiger partial charge is 0.314 e. The van der Waals surface area contributed by atoms with Crippen LogP contribution in [0.4, 0.5) is 0 Å². The van der Waals surface area contributed by atoms with Crippen molar-refractivity contribution in [1.82, 2.24) is 9.38 Å². The van der Waals surface area contributed by atoms with E-state index in [0.29, 0.717) is 5.02 Å². The lowest BCUT2D eigenvalue weighted by Crippen LogP contribution is -2.14. The van der Waals surface area contributed by atoms with Gasteiger partial charge in [0.05, 0.1) is 11.0 Å². The third kappa shape index (κ3) is 1.17. The minimum atomic E-state index is -0.134. The van der Waals surface area contributed by atoms with E-state index in [1.165, 1.54) is 0 Å². The van der Waals surface area contributed by atoms with E-state index in [0.717, 1.165) is 16.4 Å². The zero-order valence-corrected chi connectivity index (χ0v) is 8.45. The zero-order valence-electron chi connectivity index (χ0n) is 7.70. The summed E-state index contributed by atoms with van der Waals surface area (Å²) in [5, 5.41) is 1.65. The first-order valence-electron chi connectivity index (χ1n) is 4.54. The number of aromatic nitrogens is 2. The Morgan fingerprint density at radius 3 is 2.93 bits per heavy atom. The highest BCUT2D eigenvalue weighted by Crippen LogP contribution is 2.21. The predicted octanol–water partition coefficient (Wildman–Crippen LogP) is 2.43. The van der Waals surface area contributed by atoms with Crippen LogP contribution in [0.15, 0.2) is 41.3 Å². The molecule has 0 saturated heterocycles. The lowest BCUT2D eigenvalue weighted by molar-refractivity contribution is 1.04. The SMILES string of the molecule is O=c1[nH]ccc2cc3cc(Cl)ccc3n12. The van der Waals surface area contributed by atoms with E-state index in [9.17, 15) is 4.79 Å². The minimum Gasteiger partial charge on any atom is -0.314 e. The van der Waals surface area contributed by atoms with E-state index in [-0.39, 0.29) is 5.69 Å². The Labute approximate surface area is 89.9 Å². The lowest BCUT2D eigenvalue weighted by Gasteiger charge is -1.94. The van der Waals surface area contributed by atoms with Gasteiger partial charge < -0.3 is 4.98 Å². The molecule has 0 bridgehead atoms. The van der Waals surface area contributed by atoms with Crippen LogP contribution in [-0.2, 0) is 0 Å². The van der Waals surface area contributed by atoms with Crippen molar-refractivity contribution in [1.29, 1.82) is 0 Å². The highest BCUT2D eigenvalue weighted by molar-refractivity contribution is 6.31. The number of hydrogen-bond acceptors (Lipinski definition) is 1. The molecular weight excluding hydrogens is 212 g/mol. The Morgan fingerprint density at radius 2 is 2.07 bits per heavy atom. The van der Waals surface area contributed by atoms with Gasteiger partial charge in [-0.15, -0.1) is 0 Å². The van der Waals surface area contributed by atoms with Crippen LogP contribution in [0.1, 0.15) is 0 Å². The van der Waals surface area contributed by atoms with Crippen LogP contribution in [-0.4, -0.2) is 9.38 Å². The van der Waals surface area contributed by atoms with Crippen molar-refractivity contribution in [3.63, 3.8) is 0 Å². The van der Waals surface area contributed by atoms with Crippen molar-refractivity contribution in [2.45, 2.75) is 0 Å². The molecule has 0 saturated carbocycles. The molecular formula is C11H7ClN2O. The van der Waals surface area contributed by atoms with Gasteiger partial charge in [0.2, 0.25) is 0 Å². The standard InChI is InChI=1S/C11H7ClN2O/c12-8-1-2-10-7(5-8)6-9-3-4-13-11(15)14(9)10/h1-6H,(H,13,15). The number of aromatic amines is 1. The maximum absolute atomic E-state index is 11.6. The van der Waals surface area contributed by atoms with Gasteiger partial charge in [-0.1, -0.05) is 11.6 Å².